The molecule has 29 heavy (non-hydrogen) atoms. The Morgan fingerprint density at radius 3 is 2.69 bits per heavy atom. The number of hydrogen-bond donors (Lipinski definition) is 3. The van der Waals surface area contributed by atoms with Crippen LogP contribution >= 0.6 is 0 Å². The number of unbranched alkanes of at least 4 members (excludes halogenated alkanes) is 1. The van der Waals surface area contributed by atoms with Gasteiger partial charge >= 0.3 is 12.0 Å². The van der Waals surface area contributed by atoms with Crippen molar-refractivity contribution in [3.8, 4) is 0 Å². The lowest BCUT2D eigenvalue weighted by molar-refractivity contribution is -0.137. The zero-order valence-electron chi connectivity index (χ0n) is 17.0. The van der Waals surface area contributed by atoms with E-state index in [4.69, 9.17) is 5.11 Å². The van der Waals surface area contributed by atoms with E-state index in [0.717, 1.165) is 30.2 Å². The maximum absolute atomic E-state index is 12.1. The molecular weight excluding hydrogens is 366 g/mol. The minimum atomic E-state index is -0.734. The van der Waals surface area contributed by atoms with Crippen LogP contribution in [-0.2, 0) is 4.79 Å². The number of hydrogen-bond acceptors (Lipinski definition) is 3. The normalized spacial score (nSPS) is 26.0. The number of amides is 2. The number of aliphatic carboxylic acids is 1. The Bertz CT molecular complexity index is 760. The number of benzene rings is 1. The van der Waals surface area contributed by atoms with Crippen LogP contribution in [0.2, 0.25) is 0 Å². The number of carbonyl (C=O) groups is 2. The Kier molecular flexibility index (Phi) is 7.44. The Labute approximate surface area is 172 Å². The molecule has 3 N–H and O–H groups in total. The highest BCUT2D eigenvalue weighted by Crippen LogP contribution is 2.54. The molecule has 0 heterocycles. The number of fused-ring (bicyclic) bond motifs is 2. The fourth-order valence-corrected chi connectivity index (χ4v) is 5.04. The summed E-state index contributed by atoms with van der Waals surface area (Å²) in [5, 5.41) is 15.9. The van der Waals surface area contributed by atoms with Crippen LogP contribution < -0.4 is 10.7 Å². The second-order valence-electron chi connectivity index (χ2n) is 8.20. The topological polar surface area (TPSA) is 90.8 Å². The van der Waals surface area contributed by atoms with Crippen molar-refractivity contribution in [2.75, 3.05) is 5.32 Å². The second kappa shape index (κ2) is 10.2. The van der Waals surface area contributed by atoms with Crippen molar-refractivity contribution in [3.63, 3.8) is 0 Å². The number of carboxylic acids is 1. The van der Waals surface area contributed by atoms with Crippen LogP contribution in [0.3, 0.4) is 0 Å². The standard InChI is InChI=1S/C23H31N3O3/c1-16(25-26-23(29)24-19-9-5-4-6-10-19)22-18-14-13-17(15-18)20(22)11-7-2-3-8-12-21(27)28/h2,4-7,9-10,17-18,20,22H,3,8,11-15H2,1H3,(H,27,28)(H2,24,26,29). The van der Waals surface area contributed by atoms with Crippen LogP contribution in [0.4, 0.5) is 10.5 Å². The predicted molar refractivity (Wildman–Crippen MR) is 115 cm³/mol. The Hall–Kier alpha value is -2.63. The summed E-state index contributed by atoms with van der Waals surface area (Å²) in [7, 11) is 0. The van der Waals surface area contributed by atoms with E-state index in [-0.39, 0.29) is 12.5 Å². The lowest BCUT2D eigenvalue weighted by Gasteiger charge is -2.30. The van der Waals surface area contributed by atoms with Gasteiger partial charge in [0, 0.05) is 23.7 Å². The largest absolute Gasteiger partial charge is 0.481 e. The summed E-state index contributed by atoms with van der Waals surface area (Å²) < 4.78 is 0. The van der Waals surface area contributed by atoms with Crippen LogP contribution in [0.1, 0.15) is 51.9 Å². The first-order valence-electron chi connectivity index (χ1n) is 10.6. The molecule has 4 unspecified atom stereocenters. The number of carboxylic acid groups (broad SMARTS) is 1. The van der Waals surface area contributed by atoms with Gasteiger partial charge in [-0.1, -0.05) is 30.4 Å². The van der Waals surface area contributed by atoms with Crippen LogP contribution in [0.25, 0.3) is 0 Å². The molecule has 2 saturated carbocycles. The van der Waals surface area contributed by atoms with Gasteiger partial charge in [-0.3, -0.25) is 4.79 Å². The molecule has 2 bridgehead atoms. The van der Waals surface area contributed by atoms with Gasteiger partial charge < -0.3 is 10.4 Å². The van der Waals surface area contributed by atoms with Crippen molar-refractivity contribution in [2.45, 2.75) is 51.9 Å². The fourth-order valence-electron chi connectivity index (χ4n) is 5.04. The van der Waals surface area contributed by atoms with Crippen molar-refractivity contribution in [1.82, 2.24) is 5.43 Å². The summed E-state index contributed by atoms with van der Waals surface area (Å²) in [6.07, 6.45) is 10.8. The quantitative estimate of drug-likeness (QED) is 0.236. The third-order valence-electron chi connectivity index (χ3n) is 6.27. The molecule has 156 valence electrons. The van der Waals surface area contributed by atoms with E-state index in [0.29, 0.717) is 24.2 Å². The molecule has 1 aromatic carbocycles. The van der Waals surface area contributed by atoms with E-state index in [1.807, 2.05) is 37.3 Å². The van der Waals surface area contributed by atoms with E-state index >= 15 is 0 Å². The first-order valence-corrected chi connectivity index (χ1v) is 10.6. The number of nitrogens with one attached hydrogen (secondary N) is 2. The van der Waals surface area contributed by atoms with Crippen LogP contribution in [-0.4, -0.2) is 22.8 Å². The van der Waals surface area contributed by atoms with Crippen molar-refractivity contribution < 1.29 is 14.7 Å². The van der Waals surface area contributed by atoms with Gasteiger partial charge in [0.15, 0.2) is 0 Å². The first kappa shape index (κ1) is 21.1. The molecule has 2 aliphatic carbocycles. The molecule has 2 aliphatic rings. The number of urea groups is 1. The average Bonchev–Trinajstić information content (AvgIpc) is 3.31. The minimum absolute atomic E-state index is 0.226. The van der Waals surface area contributed by atoms with E-state index in [1.165, 1.54) is 19.3 Å². The van der Waals surface area contributed by atoms with E-state index in [2.05, 4.69) is 28.0 Å². The van der Waals surface area contributed by atoms with Crippen molar-refractivity contribution in [3.05, 3.63) is 42.5 Å². The first-order chi connectivity index (χ1) is 14.0. The van der Waals surface area contributed by atoms with Gasteiger partial charge in [0.1, 0.15) is 0 Å². The summed E-state index contributed by atoms with van der Waals surface area (Å²) in [5.41, 5.74) is 4.39. The molecule has 2 amide bonds. The van der Waals surface area contributed by atoms with Crippen LogP contribution in [0.5, 0.6) is 0 Å². The smallest absolute Gasteiger partial charge is 0.339 e. The van der Waals surface area contributed by atoms with Crippen molar-refractivity contribution in [2.24, 2.45) is 28.8 Å². The Balaban J connectivity index is 1.52. The number of carbonyl (C=O) groups excluding carboxylic acids is 1. The van der Waals surface area contributed by atoms with Gasteiger partial charge in [-0.25, -0.2) is 10.2 Å². The van der Waals surface area contributed by atoms with Gasteiger partial charge in [-0.15, -0.1) is 0 Å². The molecule has 0 spiro atoms. The highest BCUT2D eigenvalue weighted by Gasteiger charge is 2.47. The predicted octanol–water partition coefficient (Wildman–Crippen LogP) is 5.05. The highest BCUT2D eigenvalue weighted by atomic mass is 16.4. The number of anilines is 1. The number of nitrogens with zero attached hydrogens (tertiary/aromatic N) is 1. The molecule has 0 aromatic heterocycles. The molecule has 1 aromatic rings. The number of hydrazone groups is 1. The zero-order chi connectivity index (χ0) is 20.6. The SMILES string of the molecule is CC(=NNC(=O)Nc1ccccc1)C1C2CCC(C2)C1CC=CCCCC(=O)O. The summed E-state index contributed by atoms with van der Waals surface area (Å²) in [5.74, 6) is 1.63. The third kappa shape index (κ3) is 5.92. The third-order valence-corrected chi connectivity index (χ3v) is 6.27. The van der Waals surface area contributed by atoms with Crippen LogP contribution in [0, 0.1) is 23.7 Å². The second-order valence-corrected chi connectivity index (χ2v) is 8.20. The van der Waals surface area contributed by atoms with E-state index in [1.54, 1.807) is 0 Å². The molecule has 0 saturated heterocycles. The monoisotopic (exact) mass is 397 g/mol. The van der Waals surface area contributed by atoms with Gasteiger partial charge in [-0.05, 0) is 75.3 Å². The van der Waals surface area contributed by atoms with Gasteiger partial charge in [-0.2, -0.15) is 5.10 Å². The molecule has 6 heteroatoms. The molecular formula is C23H31N3O3. The van der Waals surface area contributed by atoms with Gasteiger partial charge in [0.05, 0.1) is 0 Å². The molecule has 3 rings (SSSR count). The van der Waals surface area contributed by atoms with Gasteiger partial charge in [0.25, 0.3) is 0 Å². The minimum Gasteiger partial charge on any atom is -0.481 e. The van der Waals surface area contributed by atoms with Crippen molar-refractivity contribution >= 4 is 23.4 Å². The summed E-state index contributed by atoms with van der Waals surface area (Å²) >= 11 is 0. The molecule has 6 nitrogen and oxygen atoms in total. The molecule has 0 radical (unpaired) electrons. The van der Waals surface area contributed by atoms with E-state index in [9.17, 15) is 9.59 Å². The Morgan fingerprint density at radius 1 is 1.17 bits per heavy atom. The van der Waals surface area contributed by atoms with Crippen LogP contribution in [0.15, 0.2) is 47.6 Å². The van der Waals surface area contributed by atoms with Gasteiger partial charge in [0.2, 0.25) is 0 Å². The van der Waals surface area contributed by atoms with E-state index < -0.39 is 5.97 Å². The fraction of sp³-hybridized carbons (Fsp3) is 0.522. The molecule has 0 aliphatic heterocycles. The maximum atomic E-state index is 12.1. The van der Waals surface area contributed by atoms with Crippen molar-refractivity contribution in [1.29, 1.82) is 0 Å². The highest BCUT2D eigenvalue weighted by molar-refractivity contribution is 5.91. The lowest BCUT2D eigenvalue weighted by atomic mass is 9.75. The maximum Gasteiger partial charge on any atom is 0.339 e. The Morgan fingerprint density at radius 2 is 1.93 bits per heavy atom. The lowest BCUT2D eigenvalue weighted by Crippen LogP contribution is -2.31. The zero-order valence-corrected chi connectivity index (χ0v) is 17.0. The summed E-state index contributed by atoms with van der Waals surface area (Å²) in [4.78, 5) is 22.7. The number of rotatable bonds is 9. The summed E-state index contributed by atoms with van der Waals surface area (Å²) in [6, 6.07) is 9.00. The summed E-state index contributed by atoms with van der Waals surface area (Å²) in [6.45, 7) is 2.03. The molecule has 4 atom stereocenters. The number of allylic oxidation sites excluding steroid dienone is 2. The average molecular weight is 398 g/mol. The molecule has 2 fully saturated rings. The number of para-hydroxylation sites is 1.